The van der Waals surface area contributed by atoms with E-state index in [1.54, 1.807) is 23.7 Å². The van der Waals surface area contributed by atoms with E-state index in [1.165, 1.54) is 16.0 Å². The summed E-state index contributed by atoms with van der Waals surface area (Å²) in [6, 6.07) is 14.8. The molecule has 0 amide bonds. The molecule has 0 spiro atoms. The first kappa shape index (κ1) is 20.4. The Morgan fingerprint density at radius 1 is 1.00 bits per heavy atom. The van der Waals surface area contributed by atoms with Gasteiger partial charge in [0.15, 0.2) is 0 Å². The van der Waals surface area contributed by atoms with Crippen molar-refractivity contribution in [3.05, 3.63) is 59.2 Å². The molecule has 2 aromatic rings. The summed E-state index contributed by atoms with van der Waals surface area (Å²) in [5.41, 5.74) is 3.64. The Morgan fingerprint density at radius 2 is 1.68 bits per heavy atom. The van der Waals surface area contributed by atoms with Crippen molar-refractivity contribution in [3.63, 3.8) is 0 Å². The standard InChI is InChI=1S/C21H29NOS2/c1-15(2)16-10-11-20(18(12-16)13-22-25-21(3,4)5)24-19-9-7-6-8-17(19)14-23/h6-12,15,22-23H,13-14H2,1-5H3. The highest BCUT2D eigenvalue weighted by molar-refractivity contribution is 7.99. The van der Waals surface area contributed by atoms with Gasteiger partial charge in [0.2, 0.25) is 0 Å². The first-order chi connectivity index (χ1) is 11.8. The third-order valence-electron chi connectivity index (χ3n) is 3.76. The topological polar surface area (TPSA) is 32.3 Å². The first-order valence-electron chi connectivity index (χ1n) is 8.70. The molecule has 0 unspecified atom stereocenters. The molecular formula is C21H29NOS2. The molecule has 4 heteroatoms. The molecule has 0 heterocycles. The average Bonchev–Trinajstić information content (AvgIpc) is 2.55. The number of hydrogen-bond donors (Lipinski definition) is 2. The molecule has 25 heavy (non-hydrogen) atoms. The second-order valence-electron chi connectivity index (χ2n) is 7.43. The molecule has 0 aliphatic carbocycles. The minimum Gasteiger partial charge on any atom is -0.392 e. The van der Waals surface area contributed by atoms with Crippen molar-refractivity contribution < 1.29 is 5.11 Å². The number of nitrogens with one attached hydrogen (secondary N) is 1. The number of rotatable bonds is 7. The van der Waals surface area contributed by atoms with E-state index in [2.05, 4.69) is 63.6 Å². The van der Waals surface area contributed by atoms with E-state index in [0.29, 0.717) is 5.92 Å². The maximum atomic E-state index is 9.58. The largest absolute Gasteiger partial charge is 0.392 e. The molecule has 0 aliphatic rings. The molecule has 2 aromatic carbocycles. The van der Waals surface area contributed by atoms with Gasteiger partial charge in [-0.25, -0.2) is 0 Å². The summed E-state index contributed by atoms with van der Waals surface area (Å²) in [7, 11) is 0. The molecule has 2 nitrogen and oxygen atoms in total. The van der Waals surface area contributed by atoms with E-state index in [0.717, 1.165) is 17.0 Å². The van der Waals surface area contributed by atoms with Crippen molar-refractivity contribution in [1.29, 1.82) is 0 Å². The summed E-state index contributed by atoms with van der Waals surface area (Å²) in [6.45, 7) is 12.0. The Balaban J connectivity index is 2.26. The van der Waals surface area contributed by atoms with Gasteiger partial charge in [0.1, 0.15) is 0 Å². The Labute approximate surface area is 160 Å². The number of aliphatic hydroxyl groups is 1. The van der Waals surface area contributed by atoms with Crippen LogP contribution in [0, 0.1) is 0 Å². The van der Waals surface area contributed by atoms with Crippen LogP contribution in [0.2, 0.25) is 0 Å². The summed E-state index contributed by atoms with van der Waals surface area (Å²) in [4.78, 5) is 2.36. The molecule has 0 atom stereocenters. The van der Waals surface area contributed by atoms with E-state index < -0.39 is 0 Å². The zero-order valence-electron chi connectivity index (χ0n) is 15.8. The van der Waals surface area contributed by atoms with Crippen LogP contribution in [0.1, 0.15) is 57.2 Å². The zero-order valence-corrected chi connectivity index (χ0v) is 17.4. The number of aliphatic hydroxyl groups excluding tert-OH is 1. The van der Waals surface area contributed by atoms with Gasteiger partial charge in [-0.05, 0) is 55.5 Å². The monoisotopic (exact) mass is 375 g/mol. The van der Waals surface area contributed by atoms with E-state index >= 15 is 0 Å². The predicted molar refractivity (Wildman–Crippen MR) is 111 cm³/mol. The third kappa shape index (κ3) is 6.37. The van der Waals surface area contributed by atoms with Gasteiger partial charge in [0.05, 0.1) is 6.61 Å². The fraction of sp³-hybridized carbons (Fsp3) is 0.429. The summed E-state index contributed by atoms with van der Waals surface area (Å²) >= 11 is 3.50. The van der Waals surface area contributed by atoms with Crippen LogP contribution in [0.4, 0.5) is 0 Å². The molecular weight excluding hydrogens is 346 g/mol. The predicted octanol–water partition coefficient (Wildman–Crippen LogP) is 5.99. The lowest BCUT2D eigenvalue weighted by Gasteiger charge is -2.19. The number of benzene rings is 2. The molecule has 2 rings (SSSR count). The van der Waals surface area contributed by atoms with Crippen molar-refractivity contribution in [1.82, 2.24) is 4.72 Å². The Hall–Kier alpha value is -0.940. The van der Waals surface area contributed by atoms with Gasteiger partial charge in [-0.2, -0.15) is 0 Å². The SMILES string of the molecule is CC(C)c1ccc(Sc2ccccc2CO)c(CNSC(C)(C)C)c1. The van der Waals surface area contributed by atoms with Gasteiger partial charge in [-0.15, -0.1) is 0 Å². The van der Waals surface area contributed by atoms with Crippen LogP contribution in [-0.4, -0.2) is 9.85 Å². The highest BCUT2D eigenvalue weighted by Gasteiger charge is 2.13. The lowest BCUT2D eigenvalue weighted by Crippen LogP contribution is -2.17. The van der Waals surface area contributed by atoms with Gasteiger partial charge >= 0.3 is 0 Å². The van der Waals surface area contributed by atoms with Gasteiger partial charge in [-0.3, -0.25) is 4.72 Å². The Kier molecular flexibility index (Phi) is 7.44. The van der Waals surface area contributed by atoms with E-state index in [4.69, 9.17) is 0 Å². The first-order valence-corrected chi connectivity index (χ1v) is 10.3. The molecule has 0 saturated carbocycles. The summed E-state index contributed by atoms with van der Waals surface area (Å²) in [6.07, 6.45) is 0. The van der Waals surface area contributed by atoms with E-state index in [1.807, 2.05) is 18.2 Å². The molecule has 0 bridgehead atoms. The van der Waals surface area contributed by atoms with Crippen molar-refractivity contribution in [2.75, 3.05) is 0 Å². The minimum atomic E-state index is 0.0701. The molecule has 0 fully saturated rings. The van der Waals surface area contributed by atoms with Crippen LogP contribution < -0.4 is 4.72 Å². The van der Waals surface area contributed by atoms with Gasteiger partial charge < -0.3 is 5.11 Å². The Morgan fingerprint density at radius 3 is 2.32 bits per heavy atom. The molecule has 0 aromatic heterocycles. The highest BCUT2D eigenvalue weighted by Crippen LogP contribution is 2.35. The maximum absolute atomic E-state index is 9.58. The molecule has 0 radical (unpaired) electrons. The summed E-state index contributed by atoms with van der Waals surface area (Å²) in [5.74, 6) is 0.512. The van der Waals surface area contributed by atoms with Crippen molar-refractivity contribution in [3.8, 4) is 0 Å². The van der Waals surface area contributed by atoms with E-state index in [9.17, 15) is 5.11 Å². The maximum Gasteiger partial charge on any atom is 0.0692 e. The van der Waals surface area contributed by atoms with Crippen molar-refractivity contribution in [2.24, 2.45) is 0 Å². The second-order valence-corrected chi connectivity index (χ2v) is 10.2. The molecule has 136 valence electrons. The van der Waals surface area contributed by atoms with Crippen molar-refractivity contribution >= 4 is 23.7 Å². The molecule has 0 aliphatic heterocycles. The van der Waals surface area contributed by atoms with Crippen molar-refractivity contribution in [2.45, 2.75) is 68.2 Å². The summed E-state index contributed by atoms with van der Waals surface area (Å²) < 4.78 is 3.70. The van der Waals surface area contributed by atoms with Crippen LogP contribution in [0.25, 0.3) is 0 Å². The average molecular weight is 376 g/mol. The van der Waals surface area contributed by atoms with Gasteiger partial charge in [-0.1, -0.05) is 67.9 Å². The van der Waals surface area contributed by atoms with Crippen LogP contribution in [0.3, 0.4) is 0 Å². The van der Waals surface area contributed by atoms with Crippen LogP contribution >= 0.6 is 23.7 Å². The minimum absolute atomic E-state index is 0.0701. The normalized spacial score (nSPS) is 12.0. The second kappa shape index (κ2) is 9.13. The molecule has 0 saturated heterocycles. The quantitative estimate of drug-likeness (QED) is 0.582. The third-order valence-corrected chi connectivity index (χ3v) is 5.89. The highest BCUT2D eigenvalue weighted by atomic mass is 32.2. The lowest BCUT2D eigenvalue weighted by molar-refractivity contribution is 0.279. The van der Waals surface area contributed by atoms with Crippen LogP contribution in [0.5, 0.6) is 0 Å². The Bertz CT molecular complexity index is 693. The van der Waals surface area contributed by atoms with Gasteiger partial charge in [0, 0.05) is 21.1 Å². The zero-order chi connectivity index (χ0) is 18.4. The number of hydrogen-bond acceptors (Lipinski definition) is 4. The van der Waals surface area contributed by atoms with Crippen LogP contribution in [-0.2, 0) is 13.2 Å². The van der Waals surface area contributed by atoms with E-state index in [-0.39, 0.29) is 11.4 Å². The smallest absolute Gasteiger partial charge is 0.0692 e. The summed E-state index contributed by atoms with van der Waals surface area (Å²) in [5, 5.41) is 9.58. The van der Waals surface area contributed by atoms with Crippen LogP contribution in [0.15, 0.2) is 52.3 Å². The fourth-order valence-electron chi connectivity index (χ4n) is 2.38. The fourth-order valence-corrected chi connectivity index (χ4v) is 4.09. The molecule has 2 N–H and O–H groups in total. The lowest BCUT2D eigenvalue weighted by atomic mass is 10.0. The van der Waals surface area contributed by atoms with Gasteiger partial charge in [0.25, 0.3) is 0 Å².